The minimum Gasteiger partial charge on any atom is -0.422 e. The standard InChI is InChI=1S/C9H10BNO2/c1-6-2-3-7-5-9(10(12)13)11-8(7)4-6/h2-5,11-13H,1H3. The molecule has 1 aromatic heterocycles. The van der Waals surface area contributed by atoms with Gasteiger partial charge in [0.25, 0.3) is 0 Å². The third-order valence-corrected chi connectivity index (χ3v) is 2.08. The number of rotatable bonds is 1. The second-order valence-electron chi connectivity index (χ2n) is 3.19. The molecule has 0 aliphatic rings. The summed E-state index contributed by atoms with van der Waals surface area (Å²) in [5.74, 6) is 0. The van der Waals surface area contributed by atoms with E-state index in [2.05, 4.69) is 4.98 Å². The molecule has 0 aliphatic heterocycles. The van der Waals surface area contributed by atoms with Crippen molar-refractivity contribution in [1.82, 2.24) is 4.98 Å². The molecule has 1 heterocycles. The average molecular weight is 175 g/mol. The van der Waals surface area contributed by atoms with Gasteiger partial charge in [0.1, 0.15) is 0 Å². The van der Waals surface area contributed by atoms with Crippen LogP contribution in [0, 0.1) is 6.92 Å². The fraction of sp³-hybridized carbons (Fsp3) is 0.111. The van der Waals surface area contributed by atoms with Gasteiger partial charge in [-0.05, 0) is 30.0 Å². The monoisotopic (exact) mass is 175 g/mol. The molecule has 4 heteroatoms. The molecule has 0 saturated heterocycles. The van der Waals surface area contributed by atoms with Crippen LogP contribution in [-0.4, -0.2) is 22.2 Å². The Kier molecular flexibility index (Phi) is 1.86. The van der Waals surface area contributed by atoms with E-state index in [9.17, 15) is 0 Å². The summed E-state index contributed by atoms with van der Waals surface area (Å²) in [6.45, 7) is 2.00. The normalized spacial score (nSPS) is 10.7. The fourth-order valence-electron chi connectivity index (χ4n) is 1.40. The Morgan fingerprint density at radius 1 is 1.23 bits per heavy atom. The van der Waals surface area contributed by atoms with Gasteiger partial charge in [0.05, 0.1) is 0 Å². The highest BCUT2D eigenvalue weighted by Gasteiger charge is 2.13. The van der Waals surface area contributed by atoms with Crippen molar-refractivity contribution in [3.63, 3.8) is 0 Å². The lowest BCUT2D eigenvalue weighted by Crippen LogP contribution is -2.30. The van der Waals surface area contributed by atoms with Crippen molar-refractivity contribution in [3.8, 4) is 0 Å². The molecule has 0 unspecified atom stereocenters. The quantitative estimate of drug-likeness (QED) is 0.540. The van der Waals surface area contributed by atoms with Crippen molar-refractivity contribution in [2.24, 2.45) is 0 Å². The highest BCUT2D eigenvalue weighted by molar-refractivity contribution is 6.58. The fourth-order valence-corrected chi connectivity index (χ4v) is 1.40. The van der Waals surface area contributed by atoms with Gasteiger partial charge in [0.2, 0.25) is 0 Å². The summed E-state index contributed by atoms with van der Waals surface area (Å²) >= 11 is 0. The van der Waals surface area contributed by atoms with Gasteiger partial charge < -0.3 is 15.0 Å². The van der Waals surface area contributed by atoms with Crippen LogP contribution < -0.4 is 5.59 Å². The van der Waals surface area contributed by atoms with E-state index in [1.54, 1.807) is 6.07 Å². The number of nitrogens with one attached hydrogen (secondary N) is 1. The van der Waals surface area contributed by atoms with Gasteiger partial charge in [-0.2, -0.15) is 0 Å². The second kappa shape index (κ2) is 2.90. The van der Waals surface area contributed by atoms with Gasteiger partial charge in [-0.15, -0.1) is 0 Å². The highest BCUT2D eigenvalue weighted by atomic mass is 16.4. The maximum absolute atomic E-state index is 8.92. The number of H-pyrrole nitrogens is 1. The summed E-state index contributed by atoms with van der Waals surface area (Å²) in [6, 6.07) is 7.65. The topological polar surface area (TPSA) is 56.2 Å². The van der Waals surface area contributed by atoms with Gasteiger partial charge >= 0.3 is 7.12 Å². The third kappa shape index (κ3) is 1.46. The number of hydrogen-bond acceptors (Lipinski definition) is 2. The number of fused-ring (bicyclic) bond motifs is 1. The van der Waals surface area contributed by atoms with Crippen LogP contribution in [0.1, 0.15) is 5.56 Å². The van der Waals surface area contributed by atoms with Crippen LogP contribution >= 0.6 is 0 Å². The Bertz CT molecular complexity index is 436. The molecule has 3 nitrogen and oxygen atoms in total. The number of benzene rings is 1. The molecule has 0 aliphatic carbocycles. The molecular weight excluding hydrogens is 165 g/mol. The zero-order chi connectivity index (χ0) is 9.42. The lowest BCUT2D eigenvalue weighted by atomic mass is 9.86. The van der Waals surface area contributed by atoms with Crippen LogP contribution in [0.15, 0.2) is 24.3 Å². The predicted molar refractivity (Wildman–Crippen MR) is 52.9 cm³/mol. The lowest BCUT2D eigenvalue weighted by molar-refractivity contribution is 0.424. The molecule has 1 aromatic carbocycles. The maximum Gasteiger partial charge on any atom is 0.505 e. The number of aryl methyl sites for hydroxylation is 1. The second-order valence-corrected chi connectivity index (χ2v) is 3.19. The van der Waals surface area contributed by atoms with Crippen molar-refractivity contribution in [2.75, 3.05) is 0 Å². The molecule has 13 heavy (non-hydrogen) atoms. The molecule has 0 atom stereocenters. The first-order valence-electron chi connectivity index (χ1n) is 4.12. The number of aromatic nitrogens is 1. The first-order chi connectivity index (χ1) is 6.16. The first-order valence-corrected chi connectivity index (χ1v) is 4.12. The van der Waals surface area contributed by atoms with E-state index >= 15 is 0 Å². The molecule has 0 radical (unpaired) electrons. The molecule has 0 bridgehead atoms. The van der Waals surface area contributed by atoms with Crippen LogP contribution in [0.5, 0.6) is 0 Å². The Morgan fingerprint density at radius 2 is 2.00 bits per heavy atom. The SMILES string of the molecule is Cc1ccc2cc(B(O)O)[nH]c2c1. The van der Waals surface area contributed by atoms with Crippen LogP contribution in [-0.2, 0) is 0 Å². The molecule has 2 rings (SSSR count). The summed E-state index contributed by atoms with van der Waals surface area (Å²) in [7, 11) is -1.42. The van der Waals surface area contributed by atoms with E-state index < -0.39 is 7.12 Å². The van der Waals surface area contributed by atoms with E-state index in [0.29, 0.717) is 5.59 Å². The van der Waals surface area contributed by atoms with Crippen LogP contribution in [0.3, 0.4) is 0 Å². The number of hydrogen-bond donors (Lipinski definition) is 3. The smallest absolute Gasteiger partial charge is 0.422 e. The first kappa shape index (κ1) is 8.35. The van der Waals surface area contributed by atoms with E-state index in [-0.39, 0.29) is 0 Å². The van der Waals surface area contributed by atoms with Crippen LogP contribution in [0.2, 0.25) is 0 Å². The predicted octanol–water partition coefficient (Wildman–Crippen LogP) is 0.156. The van der Waals surface area contributed by atoms with Crippen molar-refractivity contribution < 1.29 is 10.0 Å². The van der Waals surface area contributed by atoms with E-state index in [1.807, 2.05) is 25.1 Å². The van der Waals surface area contributed by atoms with Gasteiger partial charge in [-0.3, -0.25) is 0 Å². The minimum absolute atomic E-state index is 0.431. The molecule has 0 spiro atoms. The van der Waals surface area contributed by atoms with Gasteiger partial charge in [-0.25, -0.2) is 0 Å². The van der Waals surface area contributed by atoms with Crippen LogP contribution in [0.4, 0.5) is 0 Å². The Morgan fingerprint density at radius 3 is 2.69 bits per heavy atom. The average Bonchev–Trinajstić information content (AvgIpc) is 2.46. The Labute approximate surface area is 76.2 Å². The molecule has 0 saturated carbocycles. The van der Waals surface area contributed by atoms with Gasteiger partial charge in [0.15, 0.2) is 0 Å². The third-order valence-electron chi connectivity index (χ3n) is 2.08. The minimum atomic E-state index is -1.42. The number of aromatic amines is 1. The van der Waals surface area contributed by atoms with Crippen LogP contribution in [0.25, 0.3) is 10.9 Å². The zero-order valence-corrected chi connectivity index (χ0v) is 7.28. The molecule has 0 fully saturated rings. The summed E-state index contributed by atoms with van der Waals surface area (Å²) < 4.78 is 0. The van der Waals surface area contributed by atoms with Crippen molar-refractivity contribution in [1.29, 1.82) is 0 Å². The lowest BCUT2D eigenvalue weighted by Gasteiger charge is -1.91. The molecule has 0 amide bonds. The molecular formula is C9H10BNO2. The van der Waals surface area contributed by atoms with E-state index in [4.69, 9.17) is 10.0 Å². The largest absolute Gasteiger partial charge is 0.505 e. The van der Waals surface area contributed by atoms with Gasteiger partial charge in [-0.1, -0.05) is 12.1 Å². The summed E-state index contributed by atoms with van der Waals surface area (Å²) in [5.41, 5.74) is 2.51. The molecule has 66 valence electrons. The van der Waals surface area contributed by atoms with E-state index in [0.717, 1.165) is 16.5 Å². The highest BCUT2D eigenvalue weighted by Crippen LogP contribution is 2.12. The van der Waals surface area contributed by atoms with Gasteiger partial charge in [0, 0.05) is 11.1 Å². The zero-order valence-electron chi connectivity index (χ0n) is 7.28. The van der Waals surface area contributed by atoms with Crippen molar-refractivity contribution in [2.45, 2.75) is 6.92 Å². The molecule has 2 aromatic rings. The summed E-state index contributed by atoms with van der Waals surface area (Å²) in [5, 5.41) is 18.8. The maximum atomic E-state index is 8.92. The van der Waals surface area contributed by atoms with Crippen molar-refractivity contribution >= 4 is 23.6 Å². The summed E-state index contributed by atoms with van der Waals surface area (Å²) in [4.78, 5) is 2.94. The van der Waals surface area contributed by atoms with E-state index in [1.165, 1.54) is 0 Å². The van der Waals surface area contributed by atoms with Crippen molar-refractivity contribution in [3.05, 3.63) is 29.8 Å². The Balaban J connectivity index is 2.62. The Hall–Kier alpha value is -1.26. The molecule has 3 N–H and O–H groups in total. The summed E-state index contributed by atoms with van der Waals surface area (Å²) in [6.07, 6.45) is 0.